The van der Waals surface area contributed by atoms with Crippen LogP contribution in [0, 0.1) is 28.6 Å². The normalized spacial score (nSPS) is 41.2. The number of piperidine rings is 1. The number of carbonyl (C=O) groups is 1. The van der Waals surface area contributed by atoms with Crippen molar-refractivity contribution >= 4 is 12.0 Å². The van der Waals surface area contributed by atoms with Crippen molar-refractivity contribution < 1.29 is 4.79 Å². The number of amides is 1. The maximum atomic E-state index is 11.7. The molecule has 0 radical (unpaired) electrons. The Labute approximate surface area is 176 Å². The fraction of sp³-hybridized carbons (Fsp3) is 0.692. The van der Waals surface area contributed by atoms with Gasteiger partial charge in [-0.1, -0.05) is 26.8 Å². The maximum Gasteiger partial charge on any atom is 0.209 e. The monoisotopic (exact) mass is 392 g/mol. The predicted molar refractivity (Wildman–Crippen MR) is 117 cm³/mol. The van der Waals surface area contributed by atoms with Crippen molar-refractivity contribution in [1.29, 1.82) is 0 Å². The zero-order valence-corrected chi connectivity index (χ0v) is 18.4. The van der Waals surface area contributed by atoms with E-state index in [1.165, 1.54) is 56.1 Å². The Morgan fingerprint density at radius 3 is 2.83 bits per heavy atom. The predicted octanol–water partition coefficient (Wildman–Crippen LogP) is 5.50. The summed E-state index contributed by atoms with van der Waals surface area (Å²) in [5.74, 6) is 2.33. The summed E-state index contributed by atoms with van der Waals surface area (Å²) in [6.07, 6.45) is 17.6. The van der Waals surface area contributed by atoms with Crippen LogP contribution in [0.25, 0.3) is 5.57 Å². The molecule has 3 fully saturated rings. The minimum atomic E-state index is 0.289. The van der Waals surface area contributed by atoms with E-state index in [1.807, 2.05) is 6.20 Å². The minimum absolute atomic E-state index is 0.289. The average Bonchev–Trinajstić information content (AvgIpc) is 3.10. The molecule has 2 unspecified atom stereocenters. The van der Waals surface area contributed by atoms with Gasteiger partial charge in [-0.3, -0.25) is 9.78 Å². The molecule has 0 N–H and O–H groups in total. The molecule has 2 heterocycles. The van der Waals surface area contributed by atoms with Gasteiger partial charge in [-0.05, 0) is 103 Å². The van der Waals surface area contributed by atoms with E-state index < -0.39 is 0 Å². The largest absolute Gasteiger partial charge is 0.342 e. The Kier molecular flexibility index (Phi) is 4.64. The zero-order chi connectivity index (χ0) is 20.2. The quantitative estimate of drug-likeness (QED) is 0.636. The summed E-state index contributed by atoms with van der Waals surface area (Å²) < 4.78 is 0. The molecule has 0 aromatic carbocycles. The van der Waals surface area contributed by atoms with Crippen LogP contribution in [-0.4, -0.2) is 28.9 Å². The van der Waals surface area contributed by atoms with Crippen LogP contribution in [0.15, 0.2) is 24.5 Å². The first kappa shape index (κ1) is 19.3. The molecule has 1 aromatic rings. The number of carbonyl (C=O) groups excluding carboxylic acids is 1. The van der Waals surface area contributed by atoms with Gasteiger partial charge in [-0.15, -0.1) is 0 Å². The van der Waals surface area contributed by atoms with Crippen LogP contribution in [-0.2, 0) is 11.2 Å². The lowest BCUT2D eigenvalue weighted by Gasteiger charge is -2.61. The van der Waals surface area contributed by atoms with Crippen molar-refractivity contribution in [2.45, 2.75) is 78.2 Å². The first-order chi connectivity index (χ1) is 14.0. The number of aromatic nitrogens is 1. The number of aryl methyl sites for hydroxylation is 1. The molecule has 1 aromatic heterocycles. The topological polar surface area (TPSA) is 33.2 Å². The lowest BCUT2D eigenvalue weighted by molar-refractivity contribution is -0.142. The van der Waals surface area contributed by atoms with Gasteiger partial charge in [0.1, 0.15) is 0 Å². The van der Waals surface area contributed by atoms with E-state index >= 15 is 0 Å². The van der Waals surface area contributed by atoms with Crippen LogP contribution in [0.4, 0.5) is 0 Å². The van der Waals surface area contributed by atoms with Gasteiger partial charge in [0.05, 0.1) is 0 Å². The standard InChI is InChI=1S/C26H36N2O/c1-4-18-14-19(16-27-15-18)21-7-8-22-20-6-9-24-26(3,11-5-13-28(24)17-29)23(20)10-12-25(21,22)2/h7,14-17,20,22-24H,4-6,8-13H2,1-3H3/t20-,22-,23?,24?,25+,26+/m0/s1. The zero-order valence-electron chi connectivity index (χ0n) is 18.4. The number of likely N-dealkylation sites (tertiary alicyclic amines) is 1. The Balaban J connectivity index is 1.44. The Hall–Kier alpha value is -1.64. The van der Waals surface area contributed by atoms with E-state index in [9.17, 15) is 4.79 Å². The number of hydrogen-bond acceptors (Lipinski definition) is 2. The fourth-order valence-corrected chi connectivity index (χ4v) is 8.10. The molecule has 3 heteroatoms. The smallest absolute Gasteiger partial charge is 0.209 e. The molecule has 156 valence electrons. The molecule has 6 atom stereocenters. The van der Waals surface area contributed by atoms with Gasteiger partial charge in [0.2, 0.25) is 6.41 Å². The Bertz CT molecular complexity index is 832. The van der Waals surface area contributed by atoms with E-state index in [1.54, 1.807) is 5.57 Å². The van der Waals surface area contributed by atoms with Gasteiger partial charge >= 0.3 is 0 Å². The molecule has 0 bridgehead atoms. The molecule has 4 aliphatic rings. The number of fused-ring (bicyclic) bond motifs is 5. The van der Waals surface area contributed by atoms with Gasteiger partial charge in [-0.25, -0.2) is 0 Å². The number of rotatable bonds is 3. The lowest BCUT2D eigenvalue weighted by atomic mass is 9.46. The van der Waals surface area contributed by atoms with Crippen molar-refractivity contribution in [3.8, 4) is 0 Å². The molecule has 29 heavy (non-hydrogen) atoms. The highest BCUT2D eigenvalue weighted by Gasteiger charge is 2.59. The summed E-state index contributed by atoms with van der Waals surface area (Å²) >= 11 is 0. The second-order valence-corrected chi connectivity index (χ2v) is 10.7. The molecule has 1 amide bonds. The number of pyridine rings is 1. The maximum absolute atomic E-state index is 11.7. The van der Waals surface area contributed by atoms with E-state index in [0.29, 0.717) is 11.5 Å². The first-order valence-corrected chi connectivity index (χ1v) is 11.9. The van der Waals surface area contributed by atoms with Gasteiger partial charge < -0.3 is 4.90 Å². The Morgan fingerprint density at radius 1 is 1.17 bits per heavy atom. The van der Waals surface area contributed by atoms with Crippen LogP contribution in [0.3, 0.4) is 0 Å². The molecule has 3 nitrogen and oxygen atoms in total. The third-order valence-corrected chi connectivity index (χ3v) is 9.58. The average molecular weight is 393 g/mol. The lowest BCUT2D eigenvalue weighted by Crippen LogP contribution is -2.60. The number of hydrogen-bond donors (Lipinski definition) is 0. The molecular formula is C26H36N2O. The van der Waals surface area contributed by atoms with Crippen molar-refractivity contribution in [3.63, 3.8) is 0 Å². The second kappa shape index (κ2) is 6.96. The van der Waals surface area contributed by atoms with E-state index in [-0.39, 0.29) is 5.41 Å². The minimum Gasteiger partial charge on any atom is -0.342 e. The molecular weight excluding hydrogens is 356 g/mol. The van der Waals surface area contributed by atoms with Crippen LogP contribution in [0.2, 0.25) is 0 Å². The second-order valence-electron chi connectivity index (χ2n) is 10.7. The van der Waals surface area contributed by atoms with E-state index in [2.05, 4.69) is 49.0 Å². The highest BCUT2D eigenvalue weighted by Crippen LogP contribution is 2.66. The van der Waals surface area contributed by atoms with E-state index in [4.69, 9.17) is 0 Å². The molecule has 5 rings (SSSR count). The summed E-state index contributed by atoms with van der Waals surface area (Å²) in [5, 5.41) is 0. The highest BCUT2D eigenvalue weighted by molar-refractivity contribution is 5.72. The summed E-state index contributed by atoms with van der Waals surface area (Å²) in [6.45, 7) is 8.24. The third kappa shape index (κ3) is 2.75. The van der Waals surface area contributed by atoms with Crippen LogP contribution in [0.1, 0.15) is 76.8 Å². The highest BCUT2D eigenvalue weighted by atomic mass is 16.1. The van der Waals surface area contributed by atoms with Crippen molar-refractivity contribution in [2.75, 3.05) is 6.54 Å². The summed E-state index contributed by atoms with van der Waals surface area (Å²) in [7, 11) is 0. The number of nitrogens with zero attached hydrogens (tertiary/aromatic N) is 2. The summed E-state index contributed by atoms with van der Waals surface area (Å²) in [5.41, 5.74) is 4.87. The molecule has 3 aliphatic carbocycles. The summed E-state index contributed by atoms with van der Waals surface area (Å²) in [6, 6.07) is 2.85. The van der Waals surface area contributed by atoms with Crippen molar-refractivity contribution in [2.24, 2.45) is 28.6 Å². The van der Waals surface area contributed by atoms with Crippen LogP contribution < -0.4 is 0 Å². The fourth-order valence-electron chi connectivity index (χ4n) is 8.10. The van der Waals surface area contributed by atoms with Crippen molar-refractivity contribution in [1.82, 2.24) is 9.88 Å². The van der Waals surface area contributed by atoms with Gasteiger partial charge in [-0.2, -0.15) is 0 Å². The van der Waals surface area contributed by atoms with Gasteiger partial charge in [0.15, 0.2) is 0 Å². The molecule has 2 saturated carbocycles. The first-order valence-electron chi connectivity index (χ1n) is 11.9. The number of allylic oxidation sites excluding steroid dienone is 2. The van der Waals surface area contributed by atoms with Crippen LogP contribution >= 0.6 is 0 Å². The van der Waals surface area contributed by atoms with E-state index in [0.717, 1.165) is 37.1 Å². The molecule has 1 saturated heterocycles. The SMILES string of the molecule is CCc1cncc(C2=CC[C@H]3[C@@H]4CCC5N(C=O)CCC[C@]5(C)C4CC[C@]23C)c1. The van der Waals surface area contributed by atoms with Crippen LogP contribution in [0.5, 0.6) is 0 Å². The summed E-state index contributed by atoms with van der Waals surface area (Å²) in [4.78, 5) is 18.4. The van der Waals surface area contributed by atoms with Gasteiger partial charge in [0, 0.05) is 25.0 Å². The van der Waals surface area contributed by atoms with Gasteiger partial charge in [0.25, 0.3) is 0 Å². The third-order valence-electron chi connectivity index (χ3n) is 9.58. The van der Waals surface area contributed by atoms with Crippen molar-refractivity contribution in [3.05, 3.63) is 35.7 Å². The Morgan fingerprint density at radius 2 is 2.03 bits per heavy atom. The molecule has 1 aliphatic heterocycles. The molecule has 0 spiro atoms.